The van der Waals surface area contributed by atoms with Crippen molar-refractivity contribution in [2.45, 2.75) is 26.3 Å². The molecule has 5 nitrogen and oxygen atoms in total. The standard InChI is InChI=1S/C21H25NO4/c1-3-26-19-11-9-17(10-12-19)15-20(23)22(14-13-21(24)25-2)16-18-7-5-4-6-8-18/h4-12H,3,13-16H2,1-2H3. The maximum atomic E-state index is 12.8. The van der Waals surface area contributed by atoms with Gasteiger partial charge in [0, 0.05) is 13.1 Å². The molecule has 26 heavy (non-hydrogen) atoms. The zero-order valence-corrected chi connectivity index (χ0v) is 15.3. The zero-order valence-electron chi connectivity index (χ0n) is 15.3. The lowest BCUT2D eigenvalue weighted by Gasteiger charge is -2.22. The molecular weight excluding hydrogens is 330 g/mol. The average molecular weight is 355 g/mol. The van der Waals surface area contributed by atoms with Crippen LogP contribution in [0.3, 0.4) is 0 Å². The van der Waals surface area contributed by atoms with E-state index in [2.05, 4.69) is 0 Å². The molecule has 0 aliphatic heterocycles. The number of amides is 1. The highest BCUT2D eigenvalue weighted by atomic mass is 16.5. The molecule has 0 heterocycles. The van der Waals surface area contributed by atoms with Gasteiger partial charge in [-0.3, -0.25) is 9.59 Å². The molecule has 0 aliphatic carbocycles. The van der Waals surface area contributed by atoms with Gasteiger partial charge in [-0.1, -0.05) is 42.5 Å². The number of carbonyl (C=O) groups excluding carboxylic acids is 2. The molecule has 0 aliphatic rings. The predicted molar refractivity (Wildman–Crippen MR) is 99.8 cm³/mol. The van der Waals surface area contributed by atoms with E-state index in [0.717, 1.165) is 16.9 Å². The Labute approximate surface area is 154 Å². The fourth-order valence-electron chi connectivity index (χ4n) is 2.58. The Hall–Kier alpha value is -2.82. The Balaban J connectivity index is 2.04. The van der Waals surface area contributed by atoms with Gasteiger partial charge in [0.05, 0.1) is 26.6 Å². The van der Waals surface area contributed by atoms with Gasteiger partial charge in [0.2, 0.25) is 5.91 Å². The number of hydrogen-bond acceptors (Lipinski definition) is 4. The van der Waals surface area contributed by atoms with Gasteiger partial charge in [-0.05, 0) is 30.2 Å². The van der Waals surface area contributed by atoms with E-state index in [1.165, 1.54) is 7.11 Å². The summed E-state index contributed by atoms with van der Waals surface area (Å²) in [7, 11) is 1.35. The first-order valence-corrected chi connectivity index (χ1v) is 8.72. The van der Waals surface area contributed by atoms with Crippen LogP contribution in [-0.4, -0.2) is 37.0 Å². The number of esters is 1. The zero-order chi connectivity index (χ0) is 18.8. The van der Waals surface area contributed by atoms with Gasteiger partial charge in [0.1, 0.15) is 5.75 Å². The van der Waals surface area contributed by atoms with E-state index in [9.17, 15) is 9.59 Å². The maximum Gasteiger partial charge on any atom is 0.307 e. The molecule has 0 fully saturated rings. The van der Waals surface area contributed by atoms with Crippen LogP contribution >= 0.6 is 0 Å². The normalized spacial score (nSPS) is 10.2. The summed E-state index contributed by atoms with van der Waals surface area (Å²) in [5.74, 6) is 0.439. The summed E-state index contributed by atoms with van der Waals surface area (Å²) in [6.45, 7) is 3.34. The van der Waals surface area contributed by atoms with Crippen molar-refractivity contribution < 1.29 is 19.1 Å². The minimum Gasteiger partial charge on any atom is -0.494 e. The lowest BCUT2D eigenvalue weighted by atomic mass is 10.1. The molecule has 0 aromatic heterocycles. The topological polar surface area (TPSA) is 55.8 Å². The summed E-state index contributed by atoms with van der Waals surface area (Å²) in [5.41, 5.74) is 1.94. The molecule has 1 amide bonds. The third kappa shape index (κ3) is 6.24. The third-order valence-electron chi connectivity index (χ3n) is 3.97. The van der Waals surface area contributed by atoms with Crippen molar-refractivity contribution in [2.75, 3.05) is 20.3 Å². The number of rotatable bonds is 9. The molecular formula is C21H25NO4. The molecule has 0 spiro atoms. The molecule has 138 valence electrons. The predicted octanol–water partition coefficient (Wildman–Crippen LogP) is 3.22. The second-order valence-corrected chi connectivity index (χ2v) is 5.88. The monoisotopic (exact) mass is 355 g/mol. The molecule has 5 heteroatoms. The van der Waals surface area contributed by atoms with Crippen molar-refractivity contribution in [2.24, 2.45) is 0 Å². The molecule has 2 rings (SSSR count). The van der Waals surface area contributed by atoms with Crippen LogP contribution in [-0.2, 0) is 27.3 Å². The second-order valence-electron chi connectivity index (χ2n) is 5.88. The first-order chi connectivity index (χ1) is 12.6. The van der Waals surface area contributed by atoms with Gasteiger partial charge >= 0.3 is 5.97 Å². The van der Waals surface area contributed by atoms with E-state index in [4.69, 9.17) is 9.47 Å². The van der Waals surface area contributed by atoms with Crippen molar-refractivity contribution in [1.29, 1.82) is 0 Å². The van der Waals surface area contributed by atoms with Gasteiger partial charge in [0.25, 0.3) is 0 Å². The quantitative estimate of drug-likeness (QED) is 0.648. The molecule has 0 bridgehead atoms. The minimum absolute atomic E-state index is 0.0260. The van der Waals surface area contributed by atoms with Crippen LogP contribution in [0, 0.1) is 0 Å². The molecule has 0 saturated carbocycles. The van der Waals surface area contributed by atoms with Crippen LogP contribution in [0.15, 0.2) is 54.6 Å². The maximum absolute atomic E-state index is 12.8. The molecule has 0 radical (unpaired) electrons. The van der Waals surface area contributed by atoms with E-state index >= 15 is 0 Å². The van der Waals surface area contributed by atoms with Gasteiger partial charge in [-0.15, -0.1) is 0 Å². The number of benzene rings is 2. The van der Waals surface area contributed by atoms with Crippen LogP contribution in [0.1, 0.15) is 24.5 Å². The van der Waals surface area contributed by atoms with Gasteiger partial charge in [0.15, 0.2) is 0 Å². The number of hydrogen-bond donors (Lipinski definition) is 0. The van der Waals surface area contributed by atoms with Gasteiger partial charge in [-0.25, -0.2) is 0 Å². The summed E-state index contributed by atoms with van der Waals surface area (Å²) in [4.78, 5) is 25.9. The number of nitrogens with zero attached hydrogens (tertiary/aromatic N) is 1. The summed E-state index contributed by atoms with van der Waals surface area (Å²) in [6, 6.07) is 17.3. The fourth-order valence-corrected chi connectivity index (χ4v) is 2.58. The molecule has 0 unspecified atom stereocenters. The first kappa shape index (κ1) is 19.5. The Kier molecular flexibility index (Phi) is 7.68. The first-order valence-electron chi connectivity index (χ1n) is 8.72. The Bertz CT molecular complexity index is 698. The van der Waals surface area contributed by atoms with E-state index in [0.29, 0.717) is 19.7 Å². The Morgan fingerprint density at radius 1 is 0.962 bits per heavy atom. The number of ether oxygens (including phenoxy) is 2. The molecule has 2 aromatic carbocycles. The average Bonchev–Trinajstić information content (AvgIpc) is 2.67. The van der Waals surface area contributed by atoms with Gasteiger partial charge in [-0.2, -0.15) is 0 Å². The van der Waals surface area contributed by atoms with Crippen molar-refractivity contribution in [3.63, 3.8) is 0 Å². The van der Waals surface area contributed by atoms with Gasteiger partial charge < -0.3 is 14.4 Å². The van der Waals surface area contributed by atoms with Crippen molar-refractivity contribution >= 4 is 11.9 Å². The Morgan fingerprint density at radius 2 is 1.65 bits per heavy atom. The van der Waals surface area contributed by atoms with Crippen LogP contribution in [0.2, 0.25) is 0 Å². The molecule has 0 N–H and O–H groups in total. The highest BCUT2D eigenvalue weighted by molar-refractivity contribution is 5.79. The van der Waals surface area contributed by atoms with Crippen LogP contribution in [0.25, 0.3) is 0 Å². The van der Waals surface area contributed by atoms with Crippen LogP contribution in [0.5, 0.6) is 5.75 Å². The summed E-state index contributed by atoms with van der Waals surface area (Å²) >= 11 is 0. The highest BCUT2D eigenvalue weighted by Gasteiger charge is 2.16. The highest BCUT2D eigenvalue weighted by Crippen LogP contribution is 2.14. The van der Waals surface area contributed by atoms with E-state index < -0.39 is 0 Å². The van der Waals surface area contributed by atoms with Crippen LogP contribution in [0.4, 0.5) is 0 Å². The van der Waals surface area contributed by atoms with Crippen molar-refractivity contribution in [3.05, 3.63) is 65.7 Å². The molecule has 0 saturated heterocycles. The van der Waals surface area contributed by atoms with Crippen molar-refractivity contribution in [1.82, 2.24) is 4.90 Å². The smallest absolute Gasteiger partial charge is 0.307 e. The molecule has 2 aromatic rings. The minimum atomic E-state index is -0.322. The second kappa shape index (κ2) is 10.2. The number of carbonyl (C=O) groups is 2. The Morgan fingerprint density at radius 3 is 2.27 bits per heavy atom. The summed E-state index contributed by atoms with van der Waals surface area (Å²) < 4.78 is 10.1. The van der Waals surface area contributed by atoms with Crippen LogP contribution < -0.4 is 4.74 Å². The molecule has 0 atom stereocenters. The van der Waals surface area contributed by atoms with E-state index in [1.807, 2.05) is 61.5 Å². The third-order valence-corrected chi connectivity index (χ3v) is 3.97. The lowest BCUT2D eigenvalue weighted by molar-refractivity contribution is -0.141. The lowest BCUT2D eigenvalue weighted by Crippen LogP contribution is -2.34. The SMILES string of the molecule is CCOc1ccc(CC(=O)N(CCC(=O)OC)Cc2ccccc2)cc1. The fraction of sp³-hybridized carbons (Fsp3) is 0.333. The van der Waals surface area contributed by atoms with Crippen molar-refractivity contribution in [3.8, 4) is 5.75 Å². The summed E-state index contributed by atoms with van der Waals surface area (Å²) in [5, 5.41) is 0. The van der Waals surface area contributed by atoms with E-state index in [1.54, 1.807) is 4.90 Å². The summed E-state index contributed by atoms with van der Waals surface area (Å²) in [6.07, 6.45) is 0.457. The number of methoxy groups -OCH3 is 1. The largest absolute Gasteiger partial charge is 0.494 e. The van der Waals surface area contributed by atoms with E-state index in [-0.39, 0.29) is 24.7 Å².